The number of rotatable bonds is 9. The molecule has 0 aromatic carbocycles. The second-order valence-corrected chi connectivity index (χ2v) is 5.12. The first-order chi connectivity index (χ1) is 9.45. The van der Waals surface area contributed by atoms with E-state index in [-0.39, 0.29) is 35.5 Å². The van der Waals surface area contributed by atoms with Gasteiger partial charge in [-0.25, -0.2) is 0 Å². The van der Waals surface area contributed by atoms with Crippen molar-refractivity contribution in [3.63, 3.8) is 0 Å². The number of ether oxygens (including phenoxy) is 2. The minimum absolute atomic E-state index is 0. The maximum absolute atomic E-state index is 11.0. The van der Waals surface area contributed by atoms with E-state index >= 15 is 0 Å². The van der Waals surface area contributed by atoms with Gasteiger partial charge in [0.25, 0.3) is 0 Å². The molecule has 0 amide bonds. The van der Waals surface area contributed by atoms with E-state index in [1.807, 2.05) is 20.8 Å². The molecule has 0 bridgehead atoms. The van der Waals surface area contributed by atoms with Crippen LogP contribution in [0, 0.1) is 0 Å². The van der Waals surface area contributed by atoms with Crippen molar-refractivity contribution in [3.8, 4) is 0 Å². The molecule has 126 valence electrons. The maximum Gasteiger partial charge on any atom is 0.305 e. The Bertz CT molecular complexity index is 310. The number of nitrogens with one attached hydrogen (secondary N) is 2. The first-order valence-electron chi connectivity index (χ1n) is 7.09. The van der Waals surface area contributed by atoms with E-state index in [1.165, 1.54) is 7.11 Å². The van der Waals surface area contributed by atoms with Crippen molar-refractivity contribution in [2.75, 3.05) is 33.9 Å². The molecule has 0 atom stereocenters. The van der Waals surface area contributed by atoms with Crippen LogP contribution in [0.2, 0.25) is 0 Å². The fourth-order valence-corrected chi connectivity index (χ4v) is 1.38. The third-order valence-corrected chi connectivity index (χ3v) is 2.84. The van der Waals surface area contributed by atoms with Gasteiger partial charge in [0.05, 0.1) is 19.3 Å². The molecule has 21 heavy (non-hydrogen) atoms. The van der Waals surface area contributed by atoms with E-state index in [4.69, 9.17) is 4.74 Å². The van der Waals surface area contributed by atoms with Crippen LogP contribution in [0.3, 0.4) is 0 Å². The van der Waals surface area contributed by atoms with Crippen molar-refractivity contribution in [2.45, 2.75) is 45.6 Å². The summed E-state index contributed by atoms with van der Waals surface area (Å²) in [6, 6.07) is 0. The predicted molar refractivity (Wildman–Crippen MR) is 96.4 cm³/mol. The zero-order valence-electron chi connectivity index (χ0n) is 13.8. The van der Waals surface area contributed by atoms with Crippen molar-refractivity contribution in [3.05, 3.63) is 0 Å². The van der Waals surface area contributed by atoms with Crippen LogP contribution in [0.4, 0.5) is 0 Å². The molecule has 6 nitrogen and oxygen atoms in total. The molecule has 0 spiro atoms. The molecule has 0 aromatic heterocycles. The predicted octanol–water partition coefficient (Wildman–Crippen LogP) is 1.93. The summed E-state index contributed by atoms with van der Waals surface area (Å²) < 4.78 is 9.93. The quantitative estimate of drug-likeness (QED) is 0.198. The van der Waals surface area contributed by atoms with E-state index in [0.717, 1.165) is 31.9 Å². The Kier molecular flexibility index (Phi) is 14.2. The van der Waals surface area contributed by atoms with Crippen LogP contribution in [0.5, 0.6) is 0 Å². The first-order valence-corrected chi connectivity index (χ1v) is 7.09. The largest absolute Gasteiger partial charge is 0.469 e. The average Bonchev–Trinajstić information content (AvgIpc) is 2.44. The number of methoxy groups -OCH3 is 2. The highest BCUT2D eigenvalue weighted by Gasteiger charge is 2.15. The fourth-order valence-electron chi connectivity index (χ4n) is 1.38. The lowest BCUT2D eigenvalue weighted by molar-refractivity contribution is -0.140. The summed E-state index contributed by atoms with van der Waals surface area (Å²) in [6.45, 7) is 8.18. The van der Waals surface area contributed by atoms with Gasteiger partial charge in [0.1, 0.15) is 0 Å². The number of hydrogen-bond donors (Lipinski definition) is 2. The summed E-state index contributed by atoms with van der Waals surface area (Å²) in [5.74, 6) is 0.614. The molecule has 0 aliphatic rings. The van der Waals surface area contributed by atoms with Gasteiger partial charge in [0.15, 0.2) is 5.96 Å². The SMILES string of the molecule is CCNC(=NCC(C)(C)OC)NCCCCC(=O)OC.I. The number of hydrogen-bond acceptors (Lipinski definition) is 4. The molecule has 0 saturated carbocycles. The van der Waals surface area contributed by atoms with Gasteiger partial charge >= 0.3 is 5.97 Å². The van der Waals surface area contributed by atoms with Crippen LogP contribution in [-0.2, 0) is 14.3 Å². The second-order valence-electron chi connectivity index (χ2n) is 5.12. The van der Waals surface area contributed by atoms with Crippen LogP contribution in [0.25, 0.3) is 0 Å². The van der Waals surface area contributed by atoms with Gasteiger partial charge in [0.2, 0.25) is 0 Å². The highest BCUT2D eigenvalue weighted by Crippen LogP contribution is 2.06. The normalized spacial score (nSPS) is 11.6. The second kappa shape index (κ2) is 13.1. The van der Waals surface area contributed by atoms with Gasteiger partial charge in [-0.1, -0.05) is 0 Å². The van der Waals surface area contributed by atoms with Gasteiger partial charge < -0.3 is 20.1 Å². The number of carbonyl (C=O) groups is 1. The first kappa shape index (κ1) is 22.7. The van der Waals surface area contributed by atoms with Crippen molar-refractivity contribution in [2.24, 2.45) is 4.99 Å². The third-order valence-electron chi connectivity index (χ3n) is 2.84. The highest BCUT2D eigenvalue weighted by atomic mass is 127. The molecule has 0 heterocycles. The summed E-state index contributed by atoms with van der Waals surface area (Å²) in [6.07, 6.45) is 2.17. The smallest absolute Gasteiger partial charge is 0.305 e. The monoisotopic (exact) mass is 415 g/mol. The number of aliphatic imine (C=N–C) groups is 1. The van der Waals surface area contributed by atoms with Crippen LogP contribution >= 0.6 is 24.0 Å². The lowest BCUT2D eigenvalue weighted by Gasteiger charge is -2.21. The van der Waals surface area contributed by atoms with Crippen LogP contribution in [0.15, 0.2) is 4.99 Å². The van der Waals surface area contributed by atoms with Crippen molar-refractivity contribution < 1.29 is 14.3 Å². The van der Waals surface area contributed by atoms with Crippen molar-refractivity contribution in [1.82, 2.24) is 10.6 Å². The molecular weight excluding hydrogens is 385 g/mol. The number of nitrogens with zero attached hydrogens (tertiary/aromatic N) is 1. The molecule has 0 saturated heterocycles. The number of guanidine groups is 1. The fraction of sp³-hybridized carbons (Fsp3) is 0.857. The van der Waals surface area contributed by atoms with Gasteiger partial charge in [-0.2, -0.15) is 0 Å². The van der Waals surface area contributed by atoms with Crippen LogP contribution in [0.1, 0.15) is 40.0 Å². The lowest BCUT2D eigenvalue weighted by Crippen LogP contribution is -2.39. The van der Waals surface area contributed by atoms with E-state index < -0.39 is 0 Å². The average molecular weight is 415 g/mol. The summed E-state index contributed by atoms with van der Waals surface area (Å²) in [7, 11) is 3.09. The molecule has 0 rings (SSSR count). The summed E-state index contributed by atoms with van der Waals surface area (Å²) in [4.78, 5) is 15.4. The third kappa shape index (κ3) is 12.9. The number of carbonyl (C=O) groups excluding carboxylic acids is 1. The standard InChI is InChI=1S/C14H29N3O3.HI/c1-6-15-13(17-11-14(2,3)20-5)16-10-8-7-9-12(18)19-4;/h6-11H2,1-5H3,(H2,15,16,17);1H. The summed E-state index contributed by atoms with van der Waals surface area (Å²) >= 11 is 0. The van der Waals surface area contributed by atoms with Gasteiger partial charge in [-0.15, -0.1) is 24.0 Å². The van der Waals surface area contributed by atoms with Crippen LogP contribution < -0.4 is 10.6 Å². The number of halogens is 1. The van der Waals surface area contributed by atoms with Gasteiger partial charge in [0, 0.05) is 26.6 Å². The van der Waals surface area contributed by atoms with E-state index in [2.05, 4.69) is 20.4 Å². The zero-order valence-corrected chi connectivity index (χ0v) is 16.2. The van der Waals surface area contributed by atoms with Gasteiger partial charge in [-0.05, 0) is 33.6 Å². The Morgan fingerprint density at radius 2 is 1.86 bits per heavy atom. The molecule has 0 radical (unpaired) electrons. The molecule has 2 N–H and O–H groups in total. The molecule has 0 aromatic rings. The van der Waals surface area contributed by atoms with Crippen molar-refractivity contribution >= 4 is 35.9 Å². The lowest BCUT2D eigenvalue weighted by atomic mass is 10.1. The zero-order chi connectivity index (χ0) is 15.4. The maximum atomic E-state index is 11.0. The van der Waals surface area contributed by atoms with E-state index in [1.54, 1.807) is 7.11 Å². The Hall–Kier alpha value is -0.570. The minimum atomic E-state index is -0.271. The Morgan fingerprint density at radius 3 is 2.38 bits per heavy atom. The molecule has 0 aliphatic carbocycles. The van der Waals surface area contributed by atoms with Crippen LogP contribution in [-0.4, -0.2) is 51.4 Å². The molecular formula is C14H30IN3O3. The number of esters is 1. The number of unbranched alkanes of at least 4 members (excludes halogenated alkanes) is 1. The summed E-state index contributed by atoms with van der Waals surface area (Å²) in [5.41, 5.74) is -0.271. The Morgan fingerprint density at radius 1 is 1.19 bits per heavy atom. The Labute approximate surface area is 145 Å². The summed E-state index contributed by atoms with van der Waals surface area (Å²) in [5, 5.41) is 6.42. The van der Waals surface area contributed by atoms with Gasteiger partial charge in [-0.3, -0.25) is 9.79 Å². The van der Waals surface area contributed by atoms with E-state index in [0.29, 0.717) is 13.0 Å². The highest BCUT2D eigenvalue weighted by molar-refractivity contribution is 14.0. The minimum Gasteiger partial charge on any atom is -0.469 e. The molecule has 7 heteroatoms. The molecule has 0 fully saturated rings. The topological polar surface area (TPSA) is 72.0 Å². The van der Waals surface area contributed by atoms with E-state index in [9.17, 15) is 4.79 Å². The molecule has 0 aliphatic heterocycles. The molecule has 0 unspecified atom stereocenters. The van der Waals surface area contributed by atoms with Crippen molar-refractivity contribution in [1.29, 1.82) is 0 Å². The Balaban J connectivity index is 0.